The van der Waals surface area contributed by atoms with Crippen LogP contribution in [0.5, 0.6) is 0 Å². The minimum Gasteiger partial charge on any atom is -0.336 e. The molecule has 1 aliphatic carbocycles. The van der Waals surface area contributed by atoms with Crippen molar-refractivity contribution in [1.29, 1.82) is 0 Å². The van der Waals surface area contributed by atoms with Gasteiger partial charge in [-0.3, -0.25) is 19.8 Å². The van der Waals surface area contributed by atoms with Gasteiger partial charge in [-0.2, -0.15) is 0 Å². The summed E-state index contributed by atoms with van der Waals surface area (Å²) in [6, 6.07) is 4.85. The van der Waals surface area contributed by atoms with E-state index in [1.165, 1.54) is 43.9 Å². The van der Waals surface area contributed by atoms with E-state index >= 15 is 0 Å². The van der Waals surface area contributed by atoms with Crippen molar-refractivity contribution >= 4 is 23.2 Å². The lowest BCUT2D eigenvalue weighted by atomic mass is 10.1. The predicted molar refractivity (Wildman–Crippen MR) is 87.8 cm³/mol. The number of benzene rings is 1. The average Bonchev–Trinajstić information content (AvgIpc) is 3.08. The molecule has 7 heteroatoms. The molecule has 1 aromatic rings. The topological polar surface area (TPSA) is 66.7 Å². The molecule has 0 atom stereocenters. The third-order valence-electron chi connectivity index (χ3n) is 4.83. The molecule has 1 saturated heterocycles. The lowest BCUT2D eigenvalue weighted by Gasteiger charge is -2.38. The number of carbonyl (C=O) groups is 1. The highest BCUT2D eigenvalue weighted by Crippen LogP contribution is 2.27. The van der Waals surface area contributed by atoms with E-state index in [1.807, 2.05) is 4.90 Å². The monoisotopic (exact) mass is 337 g/mol. The van der Waals surface area contributed by atoms with E-state index in [-0.39, 0.29) is 16.6 Å². The standard InChI is InChI=1S/C16H20ClN3O3/c17-14-11-12(5-6-15(14)20(22)23)16(21)19-9-7-18(8-10-19)13-3-1-2-4-13/h5-6,11,13H,1-4,7-10H2. The average molecular weight is 338 g/mol. The number of hydrogen-bond acceptors (Lipinski definition) is 4. The highest BCUT2D eigenvalue weighted by atomic mass is 35.5. The SMILES string of the molecule is O=C(c1ccc([N+](=O)[O-])c(Cl)c1)N1CCN(C2CCCC2)CC1. The maximum atomic E-state index is 12.5. The van der Waals surface area contributed by atoms with Gasteiger partial charge in [-0.15, -0.1) is 0 Å². The number of nitro groups is 1. The zero-order valence-corrected chi connectivity index (χ0v) is 13.7. The van der Waals surface area contributed by atoms with Crippen molar-refractivity contribution < 1.29 is 9.72 Å². The molecule has 124 valence electrons. The Morgan fingerprint density at radius 3 is 2.39 bits per heavy atom. The number of carbonyl (C=O) groups excluding carboxylic acids is 1. The second-order valence-electron chi connectivity index (χ2n) is 6.19. The summed E-state index contributed by atoms with van der Waals surface area (Å²) < 4.78 is 0. The molecular formula is C16H20ClN3O3. The number of nitrogens with zero attached hydrogens (tertiary/aromatic N) is 3. The summed E-state index contributed by atoms with van der Waals surface area (Å²) in [5.74, 6) is -0.104. The zero-order chi connectivity index (χ0) is 16.4. The third-order valence-corrected chi connectivity index (χ3v) is 5.14. The van der Waals surface area contributed by atoms with Crippen LogP contribution in [-0.2, 0) is 0 Å². The second kappa shape index (κ2) is 6.84. The van der Waals surface area contributed by atoms with E-state index in [4.69, 9.17) is 11.6 Å². The molecule has 1 aromatic carbocycles. The van der Waals surface area contributed by atoms with E-state index < -0.39 is 4.92 Å². The van der Waals surface area contributed by atoms with Crippen LogP contribution < -0.4 is 0 Å². The van der Waals surface area contributed by atoms with Gasteiger partial charge >= 0.3 is 0 Å². The van der Waals surface area contributed by atoms with Crippen molar-refractivity contribution in [2.24, 2.45) is 0 Å². The minimum atomic E-state index is -0.545. The van der Waals surface area contributed by atoms with Crippen LogP contribution in [0, 0.1) is 10.1 Å². The van der Waals surface area contributed by atoms with Crippen molar-refractivity contribution in [3.63, 3.8) is 0 Å². The van der Waals surface area contributed by atoms with E-state index in [2.05, 4.69) is 4.90 Å². The Labute approximate surface area is 140 Å². The molecule has 0 spiro atoms. The molecule has 1 aliphatic heterocycles. The number of amides is 1. The van der Waals surface area contributed by atoms with Crippen LogP contribution in [0.4, 0.5) is 5.69 Å². The van der Waals surface area contributed by atoms with E-state index in [0.29, 0.717) is 24.7 Å². The fourth-order valence-electron chi connectivity index (χ4n) is 3.53. The van der Waals surface area contributed by atoms with Gasteiger partial charge in [-0.05, 0) is 25.0 Å². The third kappa shape index (κ3) is 3.48. The van der Waals surface area contributed by atoms with Crippen LogP contribution in [0.25, 0.3) is 0 Å². The fourth-order valence-corrected chi connectivity index (χ4v) is 3.78. The number of halogens is 1. The van der Waals surface area contributed by atoms with Gasteiger partial charge in [0.15, 0.2) is 0 Å². The van der Waals surface area contributed by atoms with Crippen LogP contribution in [0.2, 0.25) is 5.02 Å². The molecule has 0 N–H and O–H groups in total. The molecule has 1 heterocycles. The van der Waals surface area contributed by atoms with Crippen LogP contribution in [-0.4, -0.2) is 52.9 Å². The van der Waals surface area contributed by atoms with Crippen molar-refractivity contribution in [3.05, 3.63) is 38.9 Å². The van der Waals surface area contributed by atoms with Crippen LogP contribution in [0.1, 0.15) is 36.0 Å². The first kappa shape index (κ1) is 16.2. The molecule has 1 amide bonds. The first-order valence-electron chi connectivity index (χ1n) is 8.03. The van der Waals surface area contributed by atoms with Gasteiger partial charge in [-0.1, -0.05) is 24.4 Å². The molecule has 0 bridgehead atoms. The Balaban J connectivity index is 1.63. The Morgan fingerprint density at radius 2 is 1.83 bits per heavy atom. The van der Waals surface area contributed by atoms with Gasteiger partial charge in [0, 0.05) is 43.9 Å². The quantitative estimate of drug-likeness (QED) is 0.628. The molecule has 2 aliphatic rings. The van der Waals surface area contributed by atoms with E-state index in [9.17, 15) is 14.9 Å². The van der Waals surface area contributed by atoms with Crippen molar-refractivity contribution in [2.75, 3.05) is 26.2 Å². The number of piperazine rings is 1. The molecule has 3 rings (SSSR count). The van der Waals surface area contributed by atoms with Crippen molar-refractivity contribution in [3.8, 4) is 0 Å². The Morgan fingerprint density at radius 1 is 1.17 bits per heavy atom. The Hall–Kier alpha value is -1.66. The summed E-state index contributed by atoms with van der Waals surface area (Å²) in [5, 5.41) is 10.8. The predicted octanol–water partition coefficient (Wildman–Crippen LogP) is 2.95. The highest BCUT2D eigenvalue weighted by molar-refractivity contribution is 6.33. The highest BCUT2D eigenvalue weighted by Gasteiger charge is 2.28. The smallest absolute Gasteiger partial charge is 0.287 e. The zero-order valence-electron chi connectivity index (χ0n) is 12.9. The van der Waals surface area contributed by atoms with E-state index in [1.54, 1.807) is 0 Å². The Kier molecular flexibility index (Phi) is 4.82. The molecular weight excluding hydrogens is 318 g/mol. The minimum absolute atomic E-state index is 0.00504. The maximum Gasteiger partial charge on any atom is 0.287 e. The molecule has 0 unspecified atom stereocenters. The molecule has 1 saturated carbocycles. The largest absolute Gasteiger partial charge is 0.336 e. The summed E-state index contributed by atoms with van der Waals surface area (Å²) in [4.78, 5) is 27.1. The van der Waals surface area contributed by atoms with Gasteiger partial charge in [0.1, 0.15) is 5.02 Å². The number of rotatable bonds is 3. The molecule has 6 nitrogen and oxygen atoms in total. The number of nitro benzene ring substituents is 1. The fraction of sp³-hybridized carbons (Fsp3) is 0.562. The molecule has 2 fully saturated rings. The summed E-state index contributed by atoms with van der Waals surface area (Å²) in [6.45, 7) is 3.20. The lowest BCUT2D eigenvalue weighted by molar-refractivity contribution is -0.384. The van der Waals surface area contributed by atoms with Gasteiger partial charge in [-0.25, -0.2) is 0 Å². The van der Waals surface area contributed by atoms with Gasteiger partial charge in [0.05, 0.1) is 4.92 Å². The van der Waals surface area contributed by atoms with Crippen molar-refractivity contribution in [2.45, 2.75) is 31.7 Å². The second-order valence-corrected chi connectivity index (χ2v) is 6.60. The normalized spacial score (nSPS) is 20.0. The first-order valence-corrected chi connectivity index (χ1v) is 8.41. The summed E-state index contributed by atoms with van der Waals surface area (Å²) in [7, 11) is 0. The van der Waals surface area contributed by atoms with Crippen LogP contribution in [0.15, 0.2) is 18.2 Å². The first-order chi connectivity index (χ1) is 11.1. The van der Waals surface area contributed by atoms with Crippen LogP contribution in [0.3, 0.4) is 0 Å². The van der Waals surface area contributed by atoms with Gasteiger partial charge < -0.3 is 4.90 Å². The van der Waals surface area contributed by atoms with E-state index in [0.717, 1.165) is 13.1 Å². The lowest BCUT2D eigenvalue weighted by Crippen LogP contribution is -2.51. The van der Waals surface area contributed by atoms with Gasteiger partial charge in [0.25, 0.3) is 11.6 Å². The van der Waals surface area contributed by atoms with Gasteiger partial charge in [0.2, 0.25) is 0 Å². The molecule has 0 radical (unpaired) electrons. The summed E-state index contributed by atoms with van der Waals surface area (Å²) >= 11 is 5.90. The molecule has 23 heavy (non-hydrogen) atoms. The summed E-state index contributed by atoms with van der Waals surface area (Å²) in [6.07, 6.45) is 5.16. The van der Waals surface area contributed by atoms with Crippen LogP contribution >= 0.6 is 11.6 Å². The Bertz CT molecular complexity index is 609. The summed E-state index contributed by atoms with van der Waals surface area (Å²) in [5.41, 5.74) is 0.240. The van der Waals surface area contributed by atoms with Crippen molar-refractivity contribution in [1.82, 2.24) is 9.80 Å². The maximum absolute atomic E-state index is 12.5. The number of hydrogen-bond donors (Lipinski definition) is 0. The molecule has 0 aromatic heterocycles.